The van der Waals surface area contributed by atoms with Gasteiger partial charge in [-0.15, -0.1) is 0 Å². The molecule has 1 nitrogen and oxygen atoms in total. The molecule has 0 aromatic heterocycles. The fraction of sp³-hybridized carbons (Fsp3) is 0.294. The van der Waals surface area contributed by atoms with E-state index < -0.39 is 0 Å². The number of para-hydroxylation sites is 1. The van der Waals surface area contributed by atoms with Crippen LogP contribution in [-0.4, -0.2) is 13.1 Å². The fourth-order valence-electron chi connectivity index (χ4n) is 2.58. The van der Waals surface area contributed by atoms with Gasteiger partial charge in [-0.3, -0.25) is 4.48 Å². The standard InChI is InChI=1S/C17H22N.ClH/c1-3-18(4-2,17-13-9-6-10-14-17)15-16-11-7-5-8-12-16;/h5-14H,3-4,15H2,1-2H3;1H/q+1;/p-1. The molecule has 102 valence electrons. The number of quaternary nitrogens is 1. The average Bonchev–Trinajstić information content (AvgIpc) is 2.47. The maximum Gasteiger partial charge on any atom is 0.133 e. The monoisotopic (exact) mass is 275 g/mol. The molecule has 0 aliphatic heterocycles. The third kappa shape index (κ3) is 3.59. The predicted molar refractivity (Wildman–Crippen MR) is 79.5 cm³/mol. The van der Waals surface area contributed by atoms with Crippen LogP contribution in [0.25, 0.3) is 0 Å². The van der Waals surface area contributed by atoms with E-state index in [1.54, 1.807) is 0 Å². The molecule has 0 unspecified atom stereocenters. The third-order valence-corrected chi connectivity index (χ3v) is 3.84. The van der Waals surface area contributed by atoms with Crippen molar-refractivity contribution in [1.82, 2.24) is 4.48 Å². The van der Waals surface area contributed by atoms with Gasteiger partial charge in [0.2, 0.25) is 0 Å². The van der Waals surface area contributed by atoms with Crippen LogP contribution in [0.2, 0.25) is 0 Å². The minimum atomic E-state index is 0. The molecule has 0 radical (unpaired) electrons. The summed E-state index contributed by atoms with van der Waals surface area (Å²) in [6, 6.07) is 21.6. The summed E-state index contributed by atoms with van der Waals surface area (Å²) in [5, 5.41) is 0. The second-order valence-corrected chi connectivity index (χ2v) is 4.76. The number of halogens is 1. The Hall–Kier alpha value is -1.31. The Morgan fingerprint density at radius 2 is 1.21 bits per heavy atom. The van der Waals surface area contributed by atoms with Crippen LogP contribution < -0.4 is 16.9 Å². The summed E-state index contributed by atoms with van der Waals surface area (Å²) in [6.45, 7) is 7.86. The normalized spacial score (nSPS) is 10.8. The van der Waals surface area contributed by atoms with E-state index >= 15 is 0 Å². The molecular weight excluding hydrogens is 254 g/mol. The van der Waals surface area contributed by atoms with Crippen molar-refractivity contribution >= 4 is 5.69 Å². The molecule has 2 aromatic rings. The third-order valence-electron chi connectivity index (χ3n) is 3.84. The Kier molecular flexibility index (Phi) is 6.07. The summed E-state index contributed by atoms with van der Waals surface area (Å²) in [5.74, 6) is 0. The van der Waals surface area contributed by atoms with E-state index in [9.17, 15) is 0 Å². The van der Waals surface area contributed by atoms with Crippen LogP contribution in [-0.2, 0) is 6.54 Å². The van der Waals surface area contributed by atoms with Gasteiger partial charge in [0.05, 0.1) is 13.1 Å². The van der Waals surface area contributed by atoms with Gasteiger partial charge in [0.1, 0.15) is 12.2 Å². The molecule has 0 saturated carbocycles. The molecule has 0 N–H and O–H groups in total. The first kappa shape index (κ1) is 15.7. The Balaban J connectivity index is 0.00000180. The number of hydrogen-bond acceptors (Lipinski definition) is 0. The van der Waals surface area contributed by atoms with Gasteiger partial charge in [-0.2, -0.15) is 0 Å². The molecule has 0 aliphatic carbocycles. The van der Waals surface area contributed by atoms with Crippen molar-refractivity contribution < 1.29 is 12.4 Å². The highest BCUT2D eigenvalue weighted by atomic mass is 35.5. The topological polar surface area (TPSA) is 0 Å². The fourth-order valence-corrected chi connectivity index (χ4v) is 2.58. The molecule has 0 amide bonds. The van der Waals surface area contributed by atoms with Gasteiger partial charge < -0.3 is 12.4 Å². The molecular formula is C17H22ClN. The highest BCUT2D eigenvalue weighted by molar-refractivity contribution is 5.43. The summed E-state index contributed by atoms with van der Waals surface area (Å²) in [7, 11) is 0. The Bertz CT molecular complexity index is 463. The molecule has 2 heteroatoms. The Morgan fingerprint density at radius 3 is 1.68 bits per heavy atom. The van der Waals surface area contributed by atoms with E-state index in [0.29, 0.717) is 0 Å². The van der Waals surface area contributed by atoms with Crippen molar-refractivity contribution in [1.29, 1.82) is 0 Å². The maximum absolute atomic E-state index is 2.28. The molecule has 2 rings (SSSR count). The molecule has 0 aliphatic rings. The van der Waals surface area contributed by atoms with Gasteiger partial charge in [-0.05, 0) is 26.0 Å². The van der Waals surface area contributed by atoms with Crippen LogP contribution in [0.15, 0.2) is 60.7 Å². The van der Waals surface area contributed by atoms with E-state index in [2.05, 4.69) is 74.5 Å². The highest BCUT2D eigenvalue weighted by Crippen LogP contribution is 2.25. The molecule has 0 heterocycles. The van der Waals surface area contributed by atoms with E-state index in [1.165, 1.54) is 11.3 Å². The van der Waals surface area contributed by atoms with Crippen molar-refractivity contribution in [2.24, 2.45) is 0 Å². The van der Waals surface area contributed by atoms with Crippen LogP contribution in [0, 0.1) is 0 Å². The van der Waals surface area contributed by atoms with Gasteiger partial charge >= 0.3 is 0 Å². The van der Waals surface area contributed by atoms with Crippen molar-refractivity contribution in [2.75, 3.05) is 13.1 Å². The van der Waals surface area contributed by atoms with Gasteiger partial charge in [-0.1, -0.05) is 48.5 Å². The van der Waals surface area contributed by atoms with Gasteiger partial charge in [0.15, 0.2) is 0 Å². The number of nitrogens with zero attached hydrogens (tertiary/aromatic N) is 1. The molecule has 2 aromatic carbocycles. The van der Waals surface area contributed by atoms with Gasteiger partial charge in [0, 0.05) is 5.56 Å². The smallest absolute Gasteiger partial charge is 0.133 e. The number of rotatable bonds is 5. The lowest BCUT2D eigenvalue weighted by atomic mass is 10.1. The summed E-state index contributed by atoms with van der Waals surface area (Å²) in [5.41, 5.74) is 2.82. The Morgan fingerprint density at radius 1 is 0.737 bits per heavy atom. The summed E-state index contributed by atoms with van der Waals surface area (Å²) in [4.78, 5) is 0. The highest BCUT2D eigenvalue weighted by Gasteiger charge is 2.26. The minimum absolute atomic E-state index is 0. The lowest BCUT2D eigenvalue weighted by Gasteiger charge is -2.36. The van der Waals surface area contributed by atoms with Crippen molar-refractivity contribution in [3.05, 3.63) is 66.2 Å². The van der Waals surface area contributed by atoms with Crippen LogP contribution in [0.1, 0.15) is 19.4 Å². The van der Waals surface area contributed by atoms with Crippen LogP contribution >= 0.6 is 0 Å². The number of hydrogen-bond donors (Lipinski definition) is 0. The molecule has 0 atom stereocenters. The summed E-state index contributed by atoms with van der Waals surface area (Å²) >= 11 is 0. The second-order valence-electron chi connectivity index (χ2n) is 4.76. The van der Waals surface area contributed by atoms with Crippen LogP contribution in [0.4, 0.5) is 5.69 Å². The van der Waals surface area contributed by atoms with E-state index in [1.807, 2.05) is 0 Å². The molecule has 0 saturated heterocycles. The van der Waals surface area contributed by atoms with Crippen LogP contribution in [0.5, 0.6) is 0 Å². The zero-order valence-electron chi connectivity index (χ0n) is 11.7. The number of benzene rings is 2. The zero-order chi connectivity index (χ0) is 12.8. The molecule has 0 bridgehead atoms. The second kappa shape index (κ2) is 7.32. The zero-order valence-corrected chi connectivity index (χ0v) is 12.5. The Labute approximate surface area is 122 Å². The van der Waals surface area contributed by atoms with Crippen molar-refractivity contribution in [2.45, 2.75) is 20.4 Å². The molecule has 19 heavy (non-hydrogen) atoms. The first-order valence-corrected chi connectivity index (χ1v) is 6.76. The summed E-state index contributed by atoms with van der Waals surface area (Å²) < 4.78 is 1.02. The lowest BCUT2D eigenvalue weighted by Crippen LogP contribution is -3.00. The summed E-state index contributed by atoms with van der Waals surface area (Å²) in [6.07, 6.45) is 0. The van der Waals surface area contributed by atoms with Crippen LogP contribution in [0.3, 0.4) is 0 Å². The van der Waals surface area contributed by atoms with Crippen molar-refractivity contribution in [3.63, 3.8) is 0 Å². The predicted octanol–water partition coefficient (Wildman–Crippen LogP) is 1.24. The van der Waals surface area contributed by atoms with Crippen molar-refractivity contribution in [3.8, 4) is 0 Å². The molecule has 0 spiro atoms. The van der Waals surface area contributed by atoms with E-state index in [-0.39, 0.29) is 12.4 Å². The molecule has 0 fully saturated rings. The SMILES string of the molecule is CC[N+](CC)(Cc1ccccc1)c1ccccc1.[Cl-]. The quantitative estimate of drug-likeness (QED) is 0.721. The van der Waals surface area contributed by atoms with Gasteiger partial charge in [-0.25, -0.2) is 0 Å². The maximum atomic E-state index is 2.28. The van der Waals surface area contributed by atoms with E-state index in [0.717, 1.165) is 24.1 Å². The minimum Gasteiger partial charge on any atom is -1.00 e. The first-order chi connectivity index (χ1) is 8.80. The first-order valence-electron chi connectivity index (χ1n) is 6.76. The van der Waals surface area contributed by atoms with Gasteiger partial charge in [0.25, 0.3) is 0 Å². The largest absolute Gasteiger partial charge is 1.00 e. The van der Waals surface area contributed by atoms with E-state index in [4.69, 9.17) is 0 Å². The average molecular weight is 276 g/mol. The lowest BCUT2D eigenvalue weighted by molar-refractivity contribution is -0.00000378.